The van der Waals surface area contributed by atoms with Crippen LogP contribution in [-0.2, 0) is 43.4 Å². The number of aryl methyl sites for hydroxylation is 3. The lowest BCUT2D eigenvalue weighted by atomic mass is 10.1. The predicted molar refractivity (Wildman–Crippen MR) is 186 cm³/mol. The summed E-state index contributed by atoms with van der Waals surface area (Å²) in [6.07, 6.45) is -1.25. The Morgan fingerprint density at radius 2 is 1.22 bits per heavy atom. The molecule has 1 aliphatic rings. The van der Waals surface area contributed by atoms with Crippen LogP contribution in [0.4, 0.5) is 5.82 Å². The molecule has 0 saturated carbocycles. The van der Waals surface area contributed by atoms with Gasteiger partial charge in [0.15, 0.2) is 29.3 Å². The smallest absolute Gasteiger partial charge is 0.297 e. The number of nitrogens with zero attached hydrogens (tertiary/aromatic N) is 4. The van der Waals surface area contributed by atoms with Crippen molar-refractivity contribution in [3.05, 3.63) is 102 Å². The van der Waals surface area contributed by atoms with E-state index in [9.17, 15) is 25.3 Å². The SMILES string of the molecule is CSC[C@H]1O[C@H](n2cnc3c(NS(=O)(=O)c4ccc(C)cc4)ncnc32)[C@@H](OS(=O)(=O)c2ccc(C)cc2)[C@@H]1OS(=O)(=O)c1ccc(C)cc1. The molecule has 1 fully saturated rings. The van der Waals surface area contributed by atoms with Gasteiger partial charge in [-0.25, -0.2) is 23.4 Å². The normalized spacial score (nSPS) is 19.9. The highest BCUT2D eigenvalue weighted by Gasteiger charge is 2.52. The predicted octanol–water partition coefficient (Wildman–Crippen LogP) is 4.36. The molecule has 14 nitrogen and oxygen atoms in total. The van der Waals surface area contributed by atoms with Gasteiger partial charge < -0.3 is 4.74 Å². The highest BCUT2D eigenvalue weighted by atomic mass is 32.2. The van der Waals surface area contributed by atoms with Crippen molar-refractivity contribution in [2.24, 2.45) is 0 Å². The minimum Gasteiger partial charge on any atom is -0.348 e. The van der Waals surface area contributed by atoms with Crippen molar-refractivity contribution in [3.63, 3.8) is 0 Å². The van der Waals surface area contributed by atoms with Crippen molar-refractivity contribution in [1.29, 1.82) is 0 Å². The maximum atomic E-state index is 13.7. The first-order valence-electron chi connectivity index (χ1n) is 15.1. The van der Waals surface area contributed by atoms with Gasteiger partial charge in [0.25, 0.3) is 30.3 Å². The summed E-state index contributed by atoms with van der Waals surface area (Å²) in [5.74, 6) is 0.0468. The maximum Gasteiger partial charge on any atom is 0.297 e. The van der Waals surface area contributed by atoms with E-state index in [-0.39, 0.29) is 37.4 Å². The van der Waals surface area contributed by atoms with E-state index in [0.717, 1.165) is 23.0 Å². The number of hydrogen-bond donors (Lipinski definition) is 1. The number of anilines is 1. The van der Waals surface area contributed by atoms with E-state index >= 15 is 0 Å². The molecule has 0 radical (unpaired) electrons. The number of aromatic nitrogens is 4. The Morgan fingerprint density at radius 3 is 1.74 bits per heavy atom. The van der Waals surface area contributed by atoms with Gasteiger partial charge in [0, 0.05) is 5.75 Å². The van der Waals surface area contributed by atoms with Crippen LogP contribution in [0.1, 0.15) is 22.9 Å². The number of nitrogens with one attached hydrogen (secondary N) is 1. The third kappa shape index (κ3) is 7.41. The third-order valence-electron chi connectivity index (χ3n) is 7.91. The molecule has 0 bridgehead atoms. The number of benzene rings is 3. The lowest BCUT2D eigenvalue weighted by Crippen LogP contribution is -2.40. The lowest BCUT2D eigenvalue weighted by Gasteiger charge is -2.24. The minimum atomic E-state index is -4.52. The molecule has 0 spiro atoms. The van der Waals surface area contributed by atoms with Crippen molar-refractivity contribution in [2.45, 2.75) is 60.0 Å². The molecule has 0 aliphatic carbocycles. The molecule has 5 aromatic rings. The minimum absolute atomic E-state index is 0.00196. The molecular formula is C32H33N5O9S4. The summed E-state index contributed by atoms with van der Waals surface area (Å²) >= 11 is 1.32. The molecule has 6 rings (SSSR count). The van der Waals surface area contributed by atoms with E-state index in [1.807, 2.05) is 6.92 Å². The Labute approximate surface area is 294 Å². The molecule has 264 valence electrons. The molecule has 4 atom stereocenters. The van der Waals surface area contributed by atoms with Crippen LogP contribution in [0, 0.1) is 20.8 Å². The van der Waals surface area contributed by atoms with E-state index in [2.05, 4.69) is 19.7 Å². The Kier molecular flexibility index (Phi) is 10.1. The first kappa shape index (κ1) is 35.9. The second-order valence-electron chi connectivity index (χ2n) is 11.6. The molecule has 0 unspecified atom stereocenters. The zero-order valence-electron chi connectivity index (χ0n) is 27.2. The van der Waals surface area contributed by atoms with Crippen LogP contribution in [0.2, 0.25) is 0 Å². The number of sulfonamides is 1. The summed E-state index contributed by atoms with van der Waals surface area (Å²) in [5.41, 5.74) is 2.59. The van der Waals surface area contributed by atoms with Crippen molar-refractivity contribution < 1.29 is 38.4 Å². The molecule has 18 heteroatoms. The van der Waals surface area contributed by atoms with Gasteiger partial charge in [-0.3, -0.25) is 17.7 Å². The van der Waals surface area contributed by atoms with E-state index in [1.54, 1.807) is 56.5 Å². The fourth-order valence-corrected chi connectivity index (χ4v) is 9.08. The van der Waals surface area contributed by atoms with Gasteiger partial charge in [-0.15, -0.1) is 0 Å². The third-order valence-corrected chi connectivity index (χ3v) is 12.6. The van der Waals surface area contributed by atoms with Crippen molar-refractivity contribution >= 4 is 59.0 Å². The van der Waals surface area contributed by atoms with Crippen LogP contribution >= 0.6 is 11.8 Å². The summed E-state index contributed by atoms with van der Waals surface area (Å²) < 4.78 is 103. The average Bonchev–Trinajstić information content (AvgIpc) is 3.63. The molecule has 3 heterocycles. The fourth-order valence-electron chi connectivity index (χ4n) is 5.28. The van der Waals surface area contributed by atoms with E-state index in [0.29, 0.717) is 0 Å². The summed E-state index contributed by atoms with van der Waals surface area (Å²) in [6.45, 7) is 5.43. The van der Waals surface area contributed by atoms with Crippen LogP contribution in [0.5, 0.6) is 0 Å². The number of fused-ring (bicyclic) bond motifs is 1. The molecule has 2 aromatic heterocycles. The van der Waals surface area contributed by atoms with Crippen molar-refractivity contribution in [1.82, 2.24) is 19.5 Å². The van der Waals surface area contributed by atoms with Gasteiger partial charge in [0.2, 0.25) is 0 Å². The molecular weight excluding hydrogens is 727 g/mol. The Bertz CT molecular complexity index is 2330. The van der Waals surface area contributed by atoms with Crippen molar-refractivity contribution in [3.8, 4) is 0 Å². The van der Waals surface area contributed by atoms with Gasteiger partial charge in [0.1, 0.15) is 12.4 Å². The van der Waals surface area contributed by atoms with Crippen molar-refractivity contribution in [2.75, 3.05) is 16.7 Å². The average molecular weight is 760 g/mol. The van der Waals surface area contributed by atoms with E-state index in [1.165, 1.54) is 59.1 Å². The number of ether oxygens (including phenoxy) is 1. The first-order chi connectivity index (χ1) is 23.7. The van der Waals surface area contributed by atoms with Crippen LogP contribution in [0.15, 0.2) is 100 Å². The number of rotatable bonds is 12. The standard InChI is InChI=1S/C32H33N5O9S4/c1-20-5-11-23(12-6-20)48(38,39)36-30-27-31(34-18-33-30)37(19-35-27)32-29(46-50(42,43)25-15-9-22(3)10-16-25)28(26(44-32)17-47-4)45-49(40,41)24-13-7-21(2)8-14-24/h5-16,18-19,26,28-29,32H,17H2,1-4H3,(H,33,34,36)/t26-,28-,29+,32+/m1/s1. The zero-order valence-corrected chi connectivity index (χ0v) is 30.5. The Morgan fingerprint density at radius 1 is 0.720 bits per heavy atom. The van der Waals surface area contributed by atoms with E-state index < -0.39 is 54.8 Å². The fraction of sp³-hybridized carbons (Fsp3) is 0.281. The quantitative estimate of drug-likeness (QED) is 0.177. The van der Waals surface area contributed by atoms with Gasteiger partial charge >= 0.3 is 0 Å². The summed E-state index contributed by atoms with van der Waals surface area (Å²) in [6, 6.07) is 18.2. The summed E-state index contributed by atoms with van der Waals surface area (Å²) in [4.78, 5) is 12.4. The van der Waals surface area contributed by atoms with Crippen LogP contribution < -0.4 is 4.72 Å². The number of thioether (sulfide) groups is 1. The van der Waals surface area contributed by atoms with Gasteiger partial charge in [-0.1, -0.05) is 53.1 Å². The number of imidazole rings is 1. The van der Waals surface area contributed by atoms with Crippen LogP contribution in [0.25, 0.3) is 11.2 Å². The van der Waals surface area contributed by atoms with Crippen LogP contribution in [0.3, 0.4) is 0 Å². The largest absolute Gasteiger partial charge is 0.348 e. The lowest BCUT2D eigenvalue weighted by molar-refractivity contribution is -0.0199. The maximum absolute atomic E-state index is 13.7. The molecule has 1 N–H and O–H groups in total. The Hall–Kier alpha value is -3.91. The zero-order chi connectivity index (χ0) is 35.8. The van der Waals surface area contributed by atoms with Crippen LogP contribution in [-0.4, -0.2) is 75.1 Å². The second kappa shape index (κ2) is 14.0. The molecule has 1 saturated heterocycles. The summed E-state index contributed by atoms with van der Waals surface area (Å²) in [7, 11) is -13.1. The summed E-state index contributed by atoms with van der Waals surface area (Å²) in [5, 5.41) is 0. The first-order valence-corrected chi connectivity index (χ1v) is 20.8. The van der Waals surface area contributed by atoms with Gasteiger partial charge in [-0.05, 0) is 63.4 Å². The number of hydrogen-bond acceptors (Lipinski definition) is 13. The monoisotopic (exact) mass is 759 g/mol. The van der Waals surface area contributed by atoms with Gasteiger partial charge in [0.05, 0.1) is 27.1 Å². The molecule has 50 heavy (non-hydrogen) atoms. The molecule has 0 amide bonds. The van der Waals surface area contributed by atoms with E-state index in [4.69, 9.17) is 13.1 Å². The molecule has 3 aromatic carbocycles. The molecule has 1 aliphatic heterocycles. The highest BCUT2D eigenvalue weighted by molar-refractivity contribution is 7.98. The topological polar surface area (TPSA) is 186 Å². The van der Waals surface area contributed by atoms with Gasteiger partial charge in [-0.2, -0.15) is 28.6 Å². The Balaban J connectivity index is 1.42. The second-order valence-corrected chi connectivity index (χ2v) is 17.4. The highest BCUT2D eigenvalue weighted by Crippen LogP contribution is 2.40.